The topological polar surface area (TPSA) is 103 Å². The molecule has 0 unspecified atom stereocenters. The number of benzene rings is 2. The Balaban J connectivity index is 1.43. The van der Waals surface area contributed by atoms with Crippen LogP contribution in [0.15, 0.2) is 59.4 Å². The van der Waals surface area contributed by atoms with Crippen molar-refractivity contribution in [2.24, 2.45) is 5.92 Å². The molecule has 1 N–H and O–H groups in total. The number of esters is 1. The van der Waals surface area contributed by atoms with E-state index in [1.807, 2.05) is 0 Å². The van der Waals surface area contributed by atoms with Crippen LogP contribution in [-0.2, 0) is 17.8 Å². The summed E-state index contributed by atoms with van der Waals surface area (Å²) in [6, 6.07) is 14.2. The molecular weight excluding hydrogens is 476 g/mol. The summed E-state index contributed by atoms with van der Waals surface area (Å²) in [6.07, 6.45) is 0.753. The van der Waals surface area contributed by atoms with Crippen molar-refractivity contribution in [3.05, 3.63) is 91.8 Å². The summed E-state index contributed by atoms with van der Waals surface area (Å²) in [5.41, 5.74) is 1.14. The maximum Gasteiger partial charge on any atom is 0.338 e. The molecule has 0 bridgehead atoms. The van der Waals surface area contributed by atoms with Gasteiger partial charge in [0, 0.05) is 28.8 Å². The predicted octanol–water partition coefficient (Wildman–Crippen LogP) is 4.61. The summed E-state index contributed by atoms with van der Waals surface area (Å²) in [5.74, 6) is -0.528. The van der Waals surface area contributed by atoms with Crippen LogP contribution in [0, 0.1) is 5.92 Å². The van der Waals surface area contributed by atoms with E-state index in [9.17, 15) is 14.4 Å². The fourth-order valence-electron chi connectivity index (χ4n) is 3.15. The number of ether oxygens (including phenoxy) is 1. The predicted molar refractivity (Wildman–Crippen MR) is 131 cm³/mol. The smallest absolute Gasteiger partial charge is 0.338 e. The zero-order chi connectivity index (χ0) is 24.2. The summed E-state index contributed by atoms with van der Waals surface area (Å²) in [7, 11) is 0. The maximum absolute atomic E-state index is 12.6. The SMILES string of the molecule is CC(C)Cc1nn2c(=O)cc(COC(=O)c3cccc(NC(=O)c4ccc(Cl)cc4)c3)nc2s1. The Hall–Kier alpha value is -3.56. The van der Waals surface area contributed by atoms with E-state index in [-0.39, 0.29) is 23.6 Å². The molecule has 10 heteroatoms. The quantitative estimate of drug-likeness (QED) is 0.375. The van der Waals surface area contributed by atoms with Gasteiger partial charge in [-0.15, -0.1) is 0 Å². The molecule has 0 spiro atoms. The Morgan fingerprint density at radius 1 is 1.12 bits per heavy atom. The van der Waals surface area contributed by atoms with E-state index in [0.717, 1.165) is 11.4 Å². The van der Waals surface area contributed by atoms with E-state index < -0.39 is 5.97 Å². The molecule has 0 saturated carbocycles. The molecule has 2 aromatic heterocycles. The van der Waals surface area contributed by atoms with Crippen molar-refractivity contribution in [1.29, 1.82) is 0 Å². The molecule has 2 aromatic carbocycles. The van der Waals surface area contributed by atoms with Crippen LogP contribution < -0.4 is 10.9 Å². The van der Waals surface area contributed by atoms with Crippen molar-refractivity contribution in [1.82, 2.24) is 14.6 Å². The van der Waals surface area contributed by atoms with E-state index in [1.54, 1.807) is 42.5 Å². The largest absolute Gasteiger partial charge is 0.456 e. The van der Waals surface area contributed by atoms with Gasteiger partial charge in [0.15, 0.2) is 0 Å². The first-order chi connectivity index (χ1) is 16.3. The Morgan fingerprint density at radius 3 is 2.62 bits per heavy atom. The molecule has 4 aromatic rings. The molecule has 0 aliphatic carbocycles. The van der Waals surface area contributed by atoms with E-state index in [0.29, 0.717) is 32.8 Å². The first-order valence-electron chi connectivity index (χ1n) is 10.5. The average Bonchev–Trinajstić information content (AvgIpc) is 3.20. The second-order valence-corrected chi connectivity index (χ2v) is 9.47. The highest BCUT2D eigenvalue weighted by molar-refractivity contribution is 7.16. The number of nitrogens with zero attached hydrogens (tertiary/aromatic N) is 3. The van der Waals surface area contributed by atoms with Crippen LogP contribution in [0.4, 0.5) is 5.69 Å². The fourth-order valence-corrected chi connectivity index (χ4v) is 4.41. The number of fused-ring (bicyclic) bond motifs is 1. The third-order valence-electron chi connectivity index (χ3n) is 4.74. The number of rotatable bonds is 7. The van der Waals surface area contributed by atoms with Crippen LogP contribution in [0.5, 0.6) is 0 Å². The number of amides is 1. The molecular formula is C24H21ClN4O4S. The van der Waals surface area contributed by atoms with E-state index in [4.69, 9.17) is 16.3 Å². The van der Waals surface area contributed by atoms with Gasteiger partial charge in [0.05, 0.1) is 11.3 Å². The minimum atomic E-state index is -0.602. The van der Waals surface area contributed by atoms with Gasteiger partial charge in [-0.3, -0.25) is 9.59 Å². The number of carbonyl (C=O) groups excluding carboxylic acids is 2. The van der Waals surface area contributed by atoms with Crippen LogP contribution in [-0.4, -0.2) is 26.5 Å². The van der Waals surface area contributed by atoms with Gasteiger partial charge in [-0.2, -0.15) is 9.61 Å². The number of carbonyl (C=O) groups is 2. The third kappa shape index (κ3) is 5.67. The summed E-state index contributed by atoms with van der Waals surface area (Å²) >= 11 is 7.20. The number of hydrogen-bond acceptors (Lipinski definition) is 7. The number of nitrogens with one attached hydrogen (secondary N) is 1. The molecule has 174 valence electrons. The summed E-state index contributed by atoms with van der Waals surface area (Å²) in [6.45, 7) is 3.99. The van der Waals surface area contributed by atoms with Crippen molar-refractivity contribution < 1.29 is 14.3 Å². The van der Waals surface area contributed by atoms with Crippen molar-refractivity contribution in [3.63, 3.8) is 0 Å². The molecule has 2 heterocycles. The normalized spacial score (nSPS) is 11.1. The molecule has 34 heavy (non-hydrogen) atoms. The van der Waals surface area contributed by atoms with Crippen molar-refractivity contribution >= 4 is 45.5 Å². The van der Waals surface area contributed by atoms with Gasteiger partial charge < -0.3 is 10.1 Å². The van der Waals surface area contributed by atoms with Gasteiger partial charge in [0.2, 0.25) is 4.96 Å². The summed E-state index contributed by atoms with van der Waals surface area (Å²) in [4.78, 5) is 42.2. The highest BCUT2D eigenvalue weighted by Gasteiger charge is 2.14. The standard InChI is InChI=1S/C24H21ClN4O4S/c1-14(2)10-20-28-29-21(30)12-19(27-24(29)34-20)13-33-23(32)16-4-3-5-18(11-16)26-22(31)15-6-8-17(25)9-7-15/h3-9,11-12,14H,10,13H2,1-2H3,(H,26,31). The van der Waals surface area contributed by atoms with E-state index in [1.165, 1.54) is 28.0 Å². The number of hydrogen-bond donors (Lipinski definition) is 1. The van der Waals surface area contributed by atoms with Gasteiger partial charge in [-0.05, 0) is 48.4 Å². The Bertz CT molecular complexity index is 1410. The maximum atomic E-state index is 12.6. The lowest BCUT2D eigenvalue weighted by molar-refractivity contribution is 0.0467. The highest BCUT2D eigenvalue weighted by atomic mass is 35.5. The van der Waals surface area contributed by atoms with Crippen molar-refractivity contribution in [2.45, 2.75) is 26.9 Å². The Labute approximate surface area is 204 Å². The summed E-state index contributed by atoms with van der Waals surface area (Å²) in [5, 5.41) is 8.40. The zero-order valence-electron chi connectivity index (χ0n) is 18.4. The van der Waals surface area contributed by atoms with Crippen LogP contribution in [0.2, 0.25) is 5.02 Å². The number of halogens is 1. The van der Waals surface area contributed by atoms with E-state index in [2.05, 4.69) is 29.2 Å². The molecule has 0 aliphatic heterocycles. The molecule has 0 radical (unpaired) electrons. The number of anilines is 1. The van der Waals surface area contributed by atoms with Crippen molar-refractivity contribution in [3.8, 4) is 0 Å². The van der Waals surface area contributed by atoms with Crippen LogP contribution in [0.25, 0.3) is 4.96 Å². The minimum Gasteiger partial charge on any atom is -0.456 e. The fraction of sp³-hybridized carbons (Fsp3) is 0.208. The monoisotopic (exact) mass is 496 g/mol. The van der Waals surface area contributed by atoms with Crippen LogP contribution in [0.1, 0.15) is 45.3 Å². The van der Waals surface area contributed by atoms with Gasteiger partial charge in [0.25, 0.3) is 11.5 Å². The molecule has 0 saturated heterocycles. The first-order valence-corrected chi connectivity index (χ1v) is 11.7. The first kappa shape index (κ1) is 23.6. The average molecular weight is 497 g/mol. The van der Waals surface area contributed by atoms with Gasteiger partial charge >= 0.3 is 5.97 Å². The summed E-state index contributed by atoms with van der Waals surface area (Å²) < 4.78 is 6.62. The second kappa shape index (κ2) is 10.1. The van der Waals surface area contributed by atoms with Gasteiger partial charge in [-0.25, -0.2) is 9.78 Å². The van der Waals surface area contributed by atoms with Crippen molar-refractivity contribution in [2.75, 3.05) is 5.32 Å². The van der Waals surface area contributed by atoms with E-state index >= 15 is 0 Å². The second-order valence-electron chi connectivity index (χ2n) is 7.99. The van der Waals surface area contributed by atoms with Gasteiger partial charge in [-0.1, -0.05) is 42.9 Å². The molecule has 0 atom stereocenters. The zero-order valence-corrected chi connectivity index (χ0v) is 20.0. The lowest BCUT2D eigenvalue weighted by Gasteiger charge is -2.08. The van der Waals surface area contributed by atoms with Crippen LogP contribution in [0.3, 0.4) is 0 Å². The Morgan fingerprint density at radius 2 is 1.88 bits per heavy atom. The minimum absolute atomic E-state index is 0.163. The molecule has 1 amide bonds. The Kier molecular flexibility index (Phi) is 7.04. The van der Waals surface area contributed by atoms with Gasteiger partial charge in [0.1, 0.15) is 11.6 Å². The number of aromatic nitrogens is 3. The lowest BCUT2D eigenvalue weighted by Crippen LogP contribution is -2.17. The molecule has 0 fully saturated rings. The third-order valence-corrected chi connectivity index (χ3v) is 5.92. The molecule has 0 aliphatic rings. The molecule has 8 nitrogen and oxygen atoms in total. The molecule has 4 rings (SSSR count). The lowest BCUT2D eigenvalue weighted by atomic mass is 10.1. The highest BCUT2D eigenvalue weighted by Crippen LogP contribution is 2.17. The van der Waals surface area contributed by atoms with Crippen LogP contribution >= 0.6 is 22.9 Å².